The number of nitrogens with zero attached hydrogens (tertiary/aromatic N) is 2. The Morgan fingerprint density at radius 2 is 1.94 bits per heavy atom. The van der Waals surface area contributed by atoms with Crippen LogP contribution in [0.4, 0.5) is 0 Å². The Balaban J connectivity index is 0.00000162. The molecule has 0 saturated heterocycles. The van der Waals surface area contributed by atoms with Gasteiger partial charge in [0.15, 0.2) is 5.82 Å². The first kappa shape index (κ1) is 14.9. The molecule has 1 heterocycles. The van der Waals surface area contributed by atoms with Gasteiger partial charge in [-0.05, 0) is 23.8 Å². The Morgan fingerprint density at radius 3 is 2.56 bits per heavy atom. The van der Waals surface area contributed by atoms with Gasteiger partial charge in [0.2, 0.25) is 0 Å². The number of aromatic nitrogens is 2. The van der Waals surface area contributed by atoms with Gasteiger partial charge in [0.25, 0.3) is 0 Å². The summed E-state index contributed by atoms with van der Waals surface area (Å²) in [4.78, 5) is 8.27. The van der Waals surface area contributed by atoms with Crippen molar-refractivity contribution in [3.8, 4) is 11.4 Å². The van der Waals surface area contributed by atoms with Crippen LogP contribution in [0.25, 0.3) is 11.4 Å². The molecule has 2 rings (SSSR count). The zero-order valence-electron chi connectivity index (χ0n) is 9.45. The quantitative estimate of drug-likeness (QED) is 0.907. The second kappa shape index (κ2) is 6.66. The van der Waals surface area contributed by atoms with E-state index in [2.05, 4.69) is 9.97 Å². The maximum absolute atomic E-state index is 9.03. The van der Waals surface area contributed by atoms with Crippen LogP contribution in [-0.2, 0) is 0 Å². The van der Waals surface area contributed by atoms with Crippen molar-refractivity contribution >= 4 is 24.0 Å². The summed E-state index contributed by atoms with van der Waals surface area (Å²) >= 11 is 6.10. The monoisotopic (exact) mass is 285 g/mol. The molecule has 0 bridgehead atoms. The maximum Gasteiger partial charge on any atom is 0.160 e. The van der Waals surface area contributed by atoms with Crippen LogP contribution in [0.3, 0.4) is 0 Å². The van der Waals surface area contributed by atoms with Gasteiger partial charge >= 0.3 is 0 Å². The molecular formula is C12H13Cl2N3O. The Bertz CT molecular complexity index is 508. The van der Waals surface area contributed by atoms with Crippen molar-refractivity contribution in [2.24, 2.45) is 5.73 Å². The number of halogens is 2. The molecule has 0 spiro atoms. The molecule has 6 heteroatoms. The van der Waals surface area contributed by atoms with E-state index >= 15 is 0 Å². The van der Waals surface area contributed by atoms with Crippen molar-refractivity contribution in [2.75, 3.05) is 6.61 Å². The summed E-state index contributed by atoms with van der Waals surface area (Å²) in [5.74, 6) is 0.546. The third kappa shape index (κ3) is 3.17. The molecule has 1 atom stereocenters. The van der Waals surface area contributed by atoms with Crippen LogP contribution in [0, 0.1) is 0 Å². The van der Waals surface area contributed by atoms with E-state index in [-0.39, 0.29) is 19.0 Å². The Kier molecular flexibility index (Phi) is 5.50. The number of hydrogen-bond acceptors (Lipinski definition) is 4. The van der Waals surface area contributed by atoms with E-state index in [1.807, 2.05) is 0 Å². The van der Waals surface area contributed by atoms with E-state index in [4.69, 9.17) is 22.4 Å². The van der Waals surface area contributed by atoms with Crippen LogP contribution >= 0.6 is 24.0 Å². The van der Waals surface area contributed by atoms with Gasteiger partial charge in [0, 0.05) is 18.0 Å². The van der Waals surface area contributed by atoms with E-state index in [1.165, 1.54) is 0 Å². The largest absolute Gasteiger partial charge is 0.394 e. The molecule has 18 heavy (non-hydrogen) atoms. The average Bonchev–Trinajstić information content (AvgIpc) is 2.39. The molecule has 0 radical (unpaired) electrons. The van der Waals surface area contributed by atoms with Crippen LogP contribution < -0.4 is 5.73 Å². The number of rotatable bonds is 3. The minimum absolute atomic E-state index is 0. The maximum atomic E-state index is 9.03. The zero-order chi connectivity index (χ0) is 12.3. The van der Waals surface area contributed by atoms with E-state index in [0.29, 0.717) is 16.4 Å². The molecule has 0 saturated carbocycles. The molecule has 0 unspecified atom stereocenters. The lowest BCUT2D eigenvalue weighted by Crippen LogP contribution is -2.14. The fourth-order valence-electron chi connectivity index (χ4n) is 1.49. The fourth-order valence-corrected chi connectivity index (χ4v) is 1.69. The molecule has 0 aliphatic rings. The van der Waals surface area contributed by atoms with Crippen molar-refractivity contribution < 1.29 is 5.11 Å². The molecule has 0 aliphatic heterocycles. The first-order valence-electron chi connectivity index (χ1n) is 5.15. The van der Waals surface area contributed by atoms with Gasteiger partial charge in [-0.15, -0.1) is 12.4 Å². The van der Waals surface area contributed by atoms with Gasteiger partial charge in [-0.1, -0.05) is 17.7 Å². The molecule has 0 amide bonds. The first-order valence-corrected chi connectivity index (χ1v) is 5.53. The standard InChI is InChI=1S/C12H12ClN3O.ClH/c13-10-3-2-8(11(14)7-17)6-9(10)12-15-4-1-5-16-12;/h1-6,11,17H,7,14H2;1H/t11-;/m1./s1. The number of nitrogens with two attached hydrogens (primary N) is 1. The second-order valence-electron chi connectivity index (χ2n) is 3.60. The fraction of sp³-hybridized carbons (Fsp3) is 0.167. The van der Waals surface area contributed by atoms with Gasteiger partial charge in [0.1, 0.15) is 0 Å². The van der Waals surface area contributed by atoms with Crippen LogP contribution in [0.1, 0.15) is 11.6 Å². The van der Waals surface area contributed by atoms with Crippen LogP contribution in [0.2, 0.25) is 5.02 Å². The Labute approximate surface area is 116 Å². The van der Waals surface area contributed by atoms with E-state index in [1.54, 1.807) is 36.7 Å². The summed E-state index contributed by atoms with van der Waals surface area (Å²) in [6.07, 6.45) is 3.30. The van der Waals surface area contributed by atoms with Crippen molar-refractivity contribution in [3.05, 3.63) is 47.2 Å². The van der Waals surface area contributed by atoms with Crippen molar-refractivity contribution in [3.63, 3.8) is 0 Å². The normalized spacial score (nSPS) is 11.7. The number of benzene rings is 1. The van der Waals surface area contributed by atoms with E-state index in [0.717, 1.165) is 5.56 Å². The number of hydrogen-bond donors (Lipinski definition) is 2. The molecule has 0 aliphatic carbocycles. The SMILES string of the molecule is Cl.N[C@H](CO)c1ccc(Cl)c(-c2ncccn2)c1. The van der Waals surface area contributed by atoms with Crippen LogP contribution in [0.15, 0.2) is 36.7 Å². The lowest BCUT2D eigenvalue weighted by Gasteiger charge is -2.11. The second-order valence-corrected chi connectivity index (χ2v) is 4.01. The Hall–Kier alpha value is -1.20. The summed E-state index contributed by atoms with van der Waals surface area (Å²) in [7, 11) is 0. The van der Waals surface area contributed by atoms with E-state index < -0.39 is 6.04 Å². The zero-order valence-corrected chi connectivity index (χ0v) is 11.0. The molecule has 96 valence electrons. The molecule has 1 aromatic heterocycles. The average molecular weight is 286 g/mol. The third-order valence-electron chi connectivity index (χ3n) is 2.42. The highest BCUT2D eigenvalue weighted by Crippen LogP contribution is 2.27. The summed E-state index contributed by atoms with van der Waals surface area (Å²) in [5.41, 5.74) is 7.28. The van der Waals surface area contributed by atoms with Gasteiger partial charge in [-0.25, -0.2) is 9.97 Å². The minimum atomic E-state index is -0.422. The lowest BCUT2D eigenvalue weighted by atomic mass is 10.0. The molecular weight excluding hydrogens is 273 g/mol. The molecule has 3 N–H and O–H groups in total. The third-order valence-corrected chi connectivity index (χ3v) is 2.75. The molecule has 2 aromatic rings. The first-order chi connectivity index (χ1) is 8.22. The van der Waals surface area contributed by atoms with Gasteiger partial charge in [0.05, 0.1) is 17.7 Å². The number of aliphatic hydroxyl groups excluding tert-OH is 1. The number of aliphatic hydroxyl groups is 1. The summed E-state index contributed by atoms with van der Waals surface area (Å²) < 4.78 is 0. The molecule has 1 aromatic carbocycles. The molecule has 4 nitrogen and oxygen atoms in total. The van der Waals surface area contributed by atoms with Crippen molar-refractivity contribution in [1.29, 1.82) is 0 Å². The van der Waals surface area contributed by atoms with Gasteiger partial charge in [-0.3, -0.25) is 0 Å². The van der Waals surface area contributed by atoms with Gasteiger partial charge in [-0.2, -0.15) is 0 Å². The molecule has 0 fully saturated rings. The van der Waals surface area contributed by atoms with Gasteiger partial charge < -0.3 is 10.8 Å². The van der Waals surface area contributed by atoms with Crippen LogP contribution in [0.5, 0.6) is 0 Å². The summed E-state index contributed by atoms with van der Waals surface area (Å²) in [6, 6.07) is 6.64. The minimum Gasteiger partial charge on any atom is -0.394 e. The smallest absolute Gasteiger partial charge is 0.160 e. The van der Waals surface area contributed by atoms with Crippen molar-refractivity contribution in [2.45, 2.75) is 6.04 Å². The topological polar surface area (TPSA) is 72.0 Å². The highest BCUT2D eigenvalue weighted by molar-refractivity contribution is 6.33. The van der Waals surface area contributed by atoms with Crippen LogP contribution in [-0.4, -0.2) is 21.7 Å². The Morgan fingerprint density at radius 1 is 1.28 bits per heavy atom. The summed E-state index contributed by atoms with van der Waals surface area (Å²) in [5, 5.41) is 9.59. The highest BCUT2D eigenvalue weighted by Gasteiger charge is 2.10. The highest BCUT2D eigenvalue weighted by atomic mass is 35.5. The predicted molar refractivity (Wildman–Crippen MR) is 73.7 cm³/mol. The summed E-state index contributed by atoms with van der Waals surface area (Å²) in [6.45, 7) is -0.114. The predicted octanol–water partition coefficient (Wildman–Crippen LogP) is 2.21. The van der Waals surface area contributed by atoms with Crippen molar-refractivity contribution in [1.82, 2.24) is 9.97 Å². The lowest BCUT2D eigenvalue weighted by molar-refractivity contribution is 0.268. The van der Waals surface area contributed by atoms with E-state index in [9.17, 15) is 0 Å².